The lowest BCUT2D eigenvalue weighted by atomic mass is 9.89. The fourth-order valence-corrected chi connectivity index (χ4v) is 6.30. The highest BCUT2D eigenvalue weighted by Crippen LogP contribution is 2.27. The summed E-state index contributed by atoms with van der Waals surface area (Å²) in [5, 5.41) is 49.5. The molecule has 10 atom stereocenters. The zero-order valence-corrected chi connectivity index (χ0v) is 33.5. The van der Waals surface area contributed by atoms with Gasteiger partial charge < -0.3 is 35.0 Å². The quantitative estimate of drug-likeness (QED) is 0.0440. The molecule has 10 unspecified atom stereocenters. The Kier molecular flexibility index (Phi) is 20.2. The number of aliphatic hydroxyl groups excluding tert-OH is 5. The maximum atomic E-state index is 13.0. The van der Waals surface area contributed by atoms with Crippen molar-refractivity contribution in [2.45, 2.75) is 163 Å². The highest BCUT2D eigenvalue weighted by molar-refractivity contribution is 5.82. The van der Waals surface area contributed by atoms with Crippen LogP contribution < -0.4 is 0 Å². The molecule has 0 aliphatic carbocycles. The van der Waals surface area contributed by atoms with Crippen LogP contribution in [0.1, 0.15) is 125 Å². The van der Waals surface area contributed by atoms with E-state index in [1.807, 2.05) is 59.8 Å². The van der Waals surface area contributed by atoms with E-state index in [2.05, 4.69) is 0 Å². The second-order valence-electron chi connectivity index (χ2n) is 15.3. The SMILES string of the molecule is [2H]C([2H])([2H])/C1=C\CC(C(C)C/C(C)=C/C(C)C(O)CC(C)O)OC(=O)CCCC(OC(=O)/C=C/C(C)=C/C(C)=C/C=C/C(C)=C/C(O)C(O)CC(C)O)C(C)C1. The van der Waals surface area contributed by atoms with Crippen molar-refractivity contribution in [2.75, 3.05) is 0 Å². The Morgan fingerprint density at radius 3 is 2.25 bits per heavy atom. The topological polar surface area (TPSA) is 154 Å². The Bertz CT molecular complexity index is 1450. The average molecular weight is 746 g/mol. The summed E-state index contributed by atoms with van der Waals surface area (Å²) >= 11 is 0. The number of carbonyl (C=O) groups is 2. The van der Waals surface area contributed by atoms with Crippen LogP contribution >= 0.6 is 0 Å². The summed E-state index contributed by atoms with van der Waals surface area (Å²) in [6, 6.07) is 0. The van der Waals surface area contributed by atoms with Gasteiger partial charge in [-0.05, 0) is 92.3 Å². The predicted octanol–water partition coefficient (Wildman–Crippen LogP) is 7.54. The average Bonchev–Trinajstić information content (AvgIpc) is 3.06. The van der Waals surface area contributed by atoms with E-state index < -0.39 is 61.5 Å². The first-order valence-corrected chi connectivity index (χ1v) is 19.0. The molecule has 9 nitrogen and oxygen atoms in total. The van der Waals surface area contributed by atoms with Crippen molar-refractivity contribution >= 4 is 11.9 Å². The van der Waals surface area contributed by atoms with Crippen molar-refractivity contribution in [3.05, 3.63) is 82.5 Å². The van der Waals surface area contributed by atoms with Crippen molar-refractivity contribution in [3.63, 3.8) is 0 Å². The van der Waals surface area contributed by atoms with Crippen LogP contribution in [0.5, 0.6) is 0 Å². The van der Waals surface area contributed by atoms with Crippen molar-refractivity contribution in [2.24, 2.45) is 17.8 Å². The molecule has 0 saturated carbocycles. The third kappa shape index (κ3) is 21.4. The first-order valence-electron chi connectivity index (χ1n) is 20.5. The molecule has 1 rings (SSSR count). The molecular formula is C44H70O9. The van der Waals surface area contributed by atoms with Gasteiger partial charge in [0.25, 0.3) is 0 Å². The van der Waals surface area contributed by atoms with E-state index in [-0.39, 0.29) is 55.4 Å². The molecule has 1 heterocycles. The minimum Gasteiger partial charge on any atom is -0.462 e. The van der Waals surface area contributed by atoms with Gasteiger partial charge in [0.15, 0.2) is 0 Å². The lowest BCUT2D eigenvalue weighted by molar-refractivity contribution is -0.152. The van der Waals surface area contributed by atoms with Gasteiger partial charge in [-0.2, -0.15) is 0 Å². The second-order valence-corrected chi connectivity index (χ2v) is 15.3. The molecule has 0 aromatic rings. The Balaban J connectivity index is 3.05. The molecule has 0 aromatic carbocycles. The van der Waals surface area contributed by atoms with Gasteiger partial charge in [-0.1, -0.05) is 97.2 Å². The summed E-state index contributed by atoms with van der Waals surface area (Å²) in [6.45, 7) is 14.0. The van der Waals surface area contributed by atoms with Crippen molar-refractivity contribution in [1.29, 1.82) is 0 Å². The third-order valence-corrected chi connectivity index (χ3v) is 9.27. The minimum absolute atomic E-state index is 0.0687. The third-order valence-electron chi connectivity index (χ3n) is 9.27. The molecule has 0 bridgehead atoms. The van der Waals surface area contributed by atoms with E-state index in [4.69, 9.17) is 13.6 Å². The molecule has 0 radical (unpaired) electrons. The molecular weight excluding hydrogens is 672 g/mol. The van der Waals surface area contributed by atoms with Crippen LogP contribution in [0.4, 0.5) is 0 Å². The van der Waals surface area contributed by atoms with E-state index in [1.165, 1.54) is 12.2 Å². The van der Waals surface area contributed by atoms with E-state index in [0.29, 0.717) is 19.3 Å². The lowest BCUT2D eigenvalue weighted by Crippen LogP contribution is -2.28. The Hall–Kier alpha value is -3.08. The van der Waals surface area contributed by atoms with Gasteiger partial charge in [0, 0.05) is 35.4 Å². The molecule has 1 aliphatic heterocycles. The summed E-state index contributed by atoms with van der Waals surface area (Å²) in [5.41, 5.74) is 3.64. The van der Waals surface area contributed by atoms with Gasteiger partial charge in [-0.25, -0.2) is 4.79 Å². The minimum atomic E-state index is -2.39. The number of hydrogen-bond donors (Lipinski definition) is 5. The fraction of sp³-hybridized carbons (Fsp3) is 0.636. The van der Waals surface area contributed by atoms with Crippen LogP contribution in [0.2, 0.25) is 0 Å². The monoisotopic (exact) mass is 746 g/mol. The second kappa shape index (κ2) is 25.1. The zero-order valence-electron chi connectivity index (χ0n) is 36.5. The fourth-order valence-electron chi connectivity index (χ4n) is 6.30. The van der Waals surface area contributed by atoms with Gasteiger partial charge >= 0.3 is 11.9 Å². The van der Waals surface area contributed by atoms with Gasteiger partial charge in [0.05, 0.1) is 30.5 Å². The molecule has 5 N–H and O–H groups in total. The Labute approximate surface area is 323 Å². The Morgan fingerprint density at radius 1 is 0.943 bits per heavy atom. The summed E-state index contributed by atoms with van der Waals surface area (Å²) in [5.74, 6) is -1.62. The van der Waals surface area contributed by atoms with Crippen molar-refractivity contribution in [3.8, 4) is 0 Å². The summed E-state index contributed by atoms with van der Waals surface area (Å²) in [4.78, 5) is 26.0. The molecule has 0 fully saturated rings. The zero-order chi connectivity index (χ0) is 42.7. The number of carbonyl (C=O) groups excluding carboxylic acids is 2. The molecule has 0 aromatic heterocycles. The molecule has 0 amide bonds. The van der Waals surface area contributed by atoms with E-state index in [0.717, 1.165) is 22.3 Å². The summed E-state index contributed by atoms with van der Waals surface area (Å²) < 4.78 is 36.5. The van der Waals surface area contributed by atoms with Crippen LogP contribution in [0, 0.1) is 17.8 Å². The first-order chi connectivity index (χ1) is 26.0. The highest BCUT2D eigenvalue weighted by Gasteiger charge is 2.26. The molecule has 1 aliphatic rings. The van der Waals surface area contributed by atoms with Crippen LogP contribution in [-0.4, -0.2) is 80.2 Å². The largest absolute Gasteiger partial charge is 0.462 e. The van der Waals surface area contributed by atoms with Crippen LogP contribution in [-0.2, 0) is 19.1 Å². The normalized spacial score (nSPS) is 26.8. The van der Waals surface area contributed by atoms with Crippen molar-refractivity contribution < 1.29 is 48.7 Å². The number of aliphatic hydroxyl groups is 5. The standard InChI is InChI=1S/C44H70O9/c1-28(13-11-14-29(2)25-39(48)40(49)27-37(10)46)21-30(3)18-20-44(51)52-41-15-12-16-43(50)53-42(19-17-31(4)22-34(41)7)35(8)24-32(5)23-33(6)38(47)26-36(9)45/h11,13-14,17-18,20-21,23,25,33-42,45-49H,12,15-16,19,22,24,26-27H2,1-10H3/b14-11+,20-18+,28-13+,29-25+,30-21+,31-17+,32-23+/i4D3. The van der Waals surface area contributed by atoms with Gasteiger partial charge in [-0.3, -0.25) is 4.79 Å². The summed E-state index contributed by atoms with van der Waals surface area (Å²) in [7, 11) is 0. The molecule has 0 spiro atoms. The summed E-state index contributed by atoms with van der Waals surface area (Å²) in [6.07, 6.45) is 12.2. The van der Waals surface area contributed by atoms with Gasteiger partial charge in [0.2, 0.25) is 0 Å². The van der Waals surface area contributed by atoms with Gasteiger partial charge in [0.1, 0.15) is 12.2 Å². The number of allylic oxidation sites excluding steroid dienone is 10. The molecule has 300 valence electrons. The van der Waals surface area contributed by atoms with E-state index in [9.17, 15) is 35.1 Å². The van der Waals surface area contributed by atoms with E-state index >= 15 is 0 Å². The maximum Gasteiger partial charge on any atom is 0.331 e. The maximum absolute atomic E-state index is 13.0. The molecule has 53 heavy (non-hydrogen) atoms. The first kappa shape index (κ1) is 42.7. The van der Waals surface area contributed by atoms with Gasteiger partial charge in [-0.15, -0.1) is 0 Å². The molecule has 0 saturated heterocycles. The molecule has 9 heteroatoms. The van der Waals surface area contributed by atoms with Crippen LogP contribution in [0.15, 0.2) is 82.5 Å². The Morgan fingerprint density at radius 2 is 1.60 bits per heavy atom. The number of cyclic esters (lactones) is 1. The number of rotatable bonds is 17. The van der Waals surface area contributed by atoms with Crippen LogP contribution in [0.3, 0.4) is 0 Å². The number of esters is 2. The van der Waals surface area contributed by atoms with Crippen LogP contribution in [0.25, 0.3) is 0 Å². The number of ether oxygens (including phenoxy) is 2. The predicted molar refractivity (Wildman–Crippen MR) is 213 cm³/mol. The lowest BCUT2D eigenvalue weighted by Gasteiger charge is -2.27. The smallest absolute Gasteiger partial charge is 0.331 e. The number of hydrogen-bond acceptors (Lipinski definition) is 9. The van der Waals surface area contributed by atoms with E-state index in [1.54, 1.807) is 45.1 Å². The van der Waals surface area contributed by atoms with Crippen molar-refractivity contribution in [1.82, 2.24) is 0 Å². The highest BCUT2D eigenvalue weighted by atomic mass is 16.5.